The molecule has 2 saturated heterocycles. The maximum Gasteiger partial charge on any atom is 0.257 e. The van der Waals surface area contributed by atoms with E-state index >= 15 is 0 Å². The molecule has 0 atom stereocenters. The number of benzene rings is 1. The number of anilines is 1. The lowest BCUT2D eigenvalue weighted by atomic mass is 9.96. The zero-order valence-electron chi connectivity index (χ0n) is 17.5. The van der Waals surface area contributed by atoms with Gasteiger partial charge in [-0.1, -0.05) is 29.8 Å². The van der Waals surface area contributed by atoms with E-state index in [0.717, 1.165) is 75.8 Å². The van der Waals surface area contributed by atoms with Crippen LogP contribution in [-0.4, -0.2) is 53.4 Å². The third-order valence-corrected chi connectivity index (χ3v) is 6.67. The van der Waals surface area contributed by atoms with Gasteiger partial charge in [-0.2, -0.15) is 0 Å². The van der Waals surface area contributed by atoms with Gasteiger partial charge in [0.05, 0.1) is 5.56 Å². The van der Waals surface area contributed by atoms with Crippen LogP contribution in [0.2, 0.25) is 5.02 Å². The van der Waals surface area contributed by atoms with Gasteiger partial charge in [0.2, 0.25) is 0 Å². The average molecular weight is 427 g/mol. The maximum absolute atomic E-state index is 12.9. The Kier molecular flexibility index (Phi) is 7.24. The van der Waals surface area contributed by atoms with Gasteiger partial charge in [-0.3, -0.25) is 9.69 Å². The van der Waals surface area contributed by atoms with Crippen molar-refractivity contribution in [2.45, 2.75) is 38.6 Å². The molecule has 1 amide bonds. The Labute approximate surface area is 184 Å². The molecule has 2 aliphatic rings. The molecule has 0 saturated carbocycles. The summed E-state index contributed by atoms with van der Waals surface area (Å²) in [5.74, 6) is 1.43. The lowest BCUT2D eigenvalue weighted by Crippen LogP contribution is -2.37. The Balaban J connectivity index is 1.29. The zero-order valence-corrected chi connectivity index (χ0v) is 18.3. The monoisotopic (exact) mass is 426 g/mol. The summed E-state index contributed by atoms with van der Waals surface area (Å²) in [7, 11) is 0. The summed E-state index contributed by atoms with van der Waals surface area (Å²) in [6, 6.07) is 11.9. The third-order valence-electron chi connectivity index (χ3n) is 6.30. The molecule has 5 nitrogen and oxygen atoms in total. The van der Waals surface area contributed by atoms with Gasteiger partial charge in [0.1, 0.15) is 5.82 Å². The lowest BCUT2D eigenvalue weighted by Gasteiger charge is -2.32. The molecule has 0 bridgehead atoms. The fourth-order valence-electron chi connectivity index (χ4n) is 4.44. The van der Waals surface area contributed by atoms with Crippen LogP contribution in [0.15, 0.2) is 42.6 Å². The lowest BCUT2D eigenvalue weighted by molar-refractivity contribution is 0.0725. The van der Waals surface area contributed by atoms with Gasteiger partial charge in [0, 0.05) is 37.4 Å². The van der Waals surface area contributed by atoms with Crippen LogP contribution in [0.1, 0.15) is 48.0 Å². The van der Waals surface area contributed by atoms with Crippen molar-refractivity contribution in [1.29, 1.82) is 0 Å². The number of hydrogen-bond donors (Lipinski definition) is 1. The van der Waals surface area contributed by atoms with Gasteiger partial charge in [-0.15, -0.1) is 0 Å². The Bertz CT molecular complexity index is 845. The number of pyridine rings is 1. The molecule has 4 rings (SSSR count). The fraction of sp³-hybridized carbons (Fsp3) is 0.500. The maximum atomic E-state index is 12.9. The molecule has 30 heavy (non-hydrogen) atoms. The number of likely N-dealkylation sites (tertiary alicyclic amines) is 2. The second kappa shape index (κ2) is 10.3. The van der Waals surface area contributed by atoms with Crippen LogP contribution in [0.5, 0.6) is 0 Å². The summed E-state index contributed by atoms with van der Waals surface area (Å²) in [5.41, 5.74) is 1.90. The summed E-state index contributed by atoms with van der Waals surface area (Å²) in [4.78, 5) is 21.9. The van der Waals surface area contributed by atoms with Crippen molar-refractivity contribution in [2.24, 2.45) is 5.92 Å². The molecule has 6 heteroatoms. The summed E-state index contributed by atoms with van der Waals surface area (Å²) < 4.78 is 0. The van der Waals surface area contributed by atoms with Crippen LogP contribution in [0.4, 0.5) is 5.82 Å². The molecule has 2 aromatic rings. The fourth-order valence-corrected chi connectivity index (χ4v) is 4.64. The van der Waals surface area contributed by atoms with E-state index in [2.05, 4.69) is 21.3 Å². The smallest absolute Gasteiger partial charge is 0.257 e. The number of rotatable bonds is 6. The SMILES string of the molecule is O=C(c1cccnc1NCC1CCN(Cc2ccccc2Cl)CC1)N1CCCCC1. The highest BCUT2D eigenvalue weighted by Crippen LogP contribution is 2.24. The molecule has 0 aliphatic carbocycles. The number of hydrogen-bond acceptors (Lipinski definition) is 4. The normalized spacial score (nSPS) is 18.4. The molecule has 1 aromatic carbocycles. The van der Waals surface area contributed by atoms with Gasteiger partial charge in [0.15, 0.2) is 0 Å². The molecule has 0 unspecified atom stereocenters. The summed E-state index contributed by atoms with van der Waals surface area (Å²) in [6.07, 6.45) is 7.46. The molecule has 3 heterocycles. The van der Waals surface area contributed by atoms with E-state index in [1.54, 1.807) is 6.20 Å². The molecular formula is C24H31ClN4O. The van der Waals surface area contributed by atoms with Crippen molar-refractivity contribution < 1.29 is 4.79 Å². The first-order valence-corrected chi connectivity index (χ1v) is 11.5. The third kappa shape index (κ3) is 5.32. The molecule has 0 spiro atoms. The summed E-state index contributed by atoms with van der Waals surface area (Å²) in [6.45, 7) is 5.62. The standard InChI is InChI=1S/C24H31ClN4O/c25-22-9-3-2-7-20(22)18-28-15-10-19(11-16-28)17-27-23-21(8-6-12-26-23)24(30)29-13-4-1-5-14-29/h2-3,6-9,12,19H,1,4-5,10-11,13-18H2,(H,26,27). The highest BCUT2D eigenvalue weighted by Gasteiger charge is 2.23. The molecule has 160 valence electrons. The first kappa shape index (κ1) is 21.1. The summed E-state index contributed by atoms with van der Waals surface area (Å²) >= 11 is 6.31. The van der Waals surface area contributed by atoms with Crippen LogP contribution < -0.4 is 5.32 Å². The van der Waals surface area contributed by atoms with Gasteiger partial charge in [0.25, 0.3) is 5.91 Å². The van der Waals surface area contributed by atoms with Crippen LogP contribution in [0.25, 0.3) is 0 Å². The Morgan fingerprint density at radius 3 is 2.57 bits per heavy atom. The van der Waals surface area contributed by atoms with Gasteiger partial charge >= 0.3 is 0 Å². The number of nitrogens with zero attached hydrogens (tertiary/aromatic N) is 3. The first-order valence-electron chi connectivity index (χ1n) is 11.1. The zero-order chi connectivity index (χ0) is 20.8. The van der Waals surface area contributed by atoms with Gasteiger partial charge in [-0.05, 0) is 74.9 Å². The van der Waals surface area contributed by atoms with E-state index in [4.69, 9.17) is 11.6 Å². The highest BCUT2D eigenvalue weighted by atomic mass is 35.5. The minimum absolute atomic E-state index is 0.111. The van der Waals surface area contributed by atoms with Gasteiger partial charge in [-0.25, -0.2) is 4.98 Å². The van der Waals surface area contributed by atoms with E-state index < -0.39 is 0 Å². The number of halogens is 1. The Morgan fingerprint density at radius 2 is 1.80 bits per heavy atom. The number of piperidine rings is 2. The highest BCUT2D eigenvalue weighted by molar-refractivity contribution is 6.31. The number of nitrogens with one attached hydrogen (secondary N) is 1. The molecule has 2 aliphatic heterocycles. The van der Waals surface area contributed by atoms with Crippen molar-refractivity contribution >= 4 is 23.3 Å². The number of carbonyl (C=O) groups is 1. The number of aromatic nitrogens is 1. The van der Waals surface area contributed by atoms with Crippen molar-refractivity contribution in [3.63, 3.8) is 0 Å². The van der Waals surface area contributed by atoms with Crippen molar-refractivity contribution in [3.05, 3.63) is 58.7 Å². The first-order chi connectivity index (χ1) is 14.7. The van der Waals surface area contributed by atoms with Crippen LogP contribution >= 0.6 is 11.6 Å². The van der Waals surface area contributed by atoms with Crippen LogP contribution in [-0.2, 0) is 6.54 Å². The molecular weight excluding hydrogens is 396 g/mol. The van der Waals surface area contributed by atoms with Crippen LogP contribution in [0.3, 0.4) is 0 Å². The van der Waals surface area contributed by atoms with E-state index in [-0.39, 0.29) is 5.91 Å². The number of amides is 1. The largest absolute Gasteiger partial charge is 0.369 e. The Hall–Kier alpha value is -2.11. The minimum atomic E-state index is 0.111. The second-order valence-electron chi connectivity index (χ2n) is 8.44. The number of carbonyl (C=O) groups excluding carboxylic acids is 1. The van der Waals surface area contributed by atoms with Crippen molar-refractivity contribution in [3.8, 4) is 0 Å². The second-order valence-corrected chi connectivity index (χ2v) is 8.85. The Morgan fingerprint density at radius 1 is 1.03 bits per heavy atom. The van der Waals surface area contributed by atoms with E-state index in [0.29, 0.717) is 11.5 Å². The van der Waals surface area contributed by atoms with Crippen LogP contribution in [0, 0.1) is 5.92 Å². The average Bonchev–Trinajstić information content (AvgIpc) is 2.80. The van der Waals surface area contributed by atoms with E-state index in [9.17, 15) is 4.79 Å². The van der Waals surface area contributed by atoms with E-state index in [1.165, 1.54) is 12.0 Å². The molecule has 2 fully saturated rings. The predicted molar refractivity (Wildman–Crippen MR) is 122 cm³/mol. The summed E-state index contributed by atoms with van der Waals surface area (Å²) in [5, 5.41) is 4.33. The topological polar surface area (TPSA) is 48.5 Å². The quantitative estimate of drug-likeness (QED) is 0.728. The van der Waals surface area contributed by atoms with Crippen molar-refractivity contribution in [2.75, 3.05) is 38.0 Å². The minimum Gasteiger partial charge on any atom is -0.369 e. The molecule has 1 aromatic heterocycles. The molecule has 1 N–H and O–H groups in total. The van der Waals surface area contributed by atoms with Crippen molar-refractivity contribution in [1.82, 2.24) is 14.8 Å². The van der Waals surface area contributed by atoms with Gasteiger partial charge < -0.3 is 10.2 Å². The predicted octanol–water partition coefficient (Wildman–Crippen LogP) is 4.69. The van der Waals surface area contributed by atoms with E-state index in [1.807, 2.05) is 35.2 Å². The molecule has 0 radical (unpaired) electrons.